The fourth-order valence-electron chi connectivity index (χ4n) is 3.16. The van der Waals surface area contributed by atoms with Crippen molar-refractivity contribution in [3.63, 3.8) is 0 Å². The average Bonchev–Trinajstić information content (AvgIpc) is 2.62. The molecule has 0 spiro atoms. The Labute approximate surface area is 143 Å². The van der Waals surface area contributed by atoms with E-state index < -0.39 is 0 Å². The number of hydrogen-bond acceptors (Lipinski definition) is 3. The van der Waals surface area contributed by atoms with Crippen LogP contribution in [0.15, 0.2) is 42.5 Å². The van der Waals surface area contributed by atoms with Crippen LogP contribution in [0.25, 0.3) is 0 Å². The number of anilines is 1. The summed E-state index contributed by atoms with van der Waals surface area (Å²) in [5.74, 6) is 0.709. The molecule has 0 unspecified atom stereocenters. The van der Waals surface area contributed by atoms with Crippen molar-refractivity contribution in [3.05, 3.63) is 59.2 Å². The van der Waals surface area contributed by atoms with Crippen LogP contribution in [0.5, 0.6) is 5.75 Å². The molecular weight excluding hydrogens is 300 g/mol. The molecule has 0 aliphatic carbocycles. The Bertz CT molecular complexity index is 710. The normalized spacial score (nSPS) is 13.3. The van der Waals surface area contributed by atoms with E-state index in [0.717, 1.165) is 25.1 Å². The summed E-state index contributed by atoms with van der Waals surface area (Å²) in [7, 11) is 3.76. The standard InChI is InChI=1S/C20H24N2O2/c1-22-13-3-4-17-14-15(5-10-19(17)22)11-12-21-20(23)16-6-8-18(24-2)9-7-16/h5-10,14H,3-4,11-13H2,1-2H3,(H,21,23). The lowest BCUT2D eigenvalue weighted by molar-refractivity contribution is 0.0954. The average molecular weight is 324 g/mol. The molecule has 24 heavy (non-hydrogen) atoms. The van der Waals surface area contributed by atoms with Gasteiger partial charge in [-0.25, -0.2) is 0 Å². The van der Waals surface area contributed by atoms with E-state index in [-0.39, 0.29) is 5.91 Å². The minimum absolute atomic E-state index is 0.0460. The number of aryl methyl sites for hydroxylation is 1. The highest BCUT2D eigenvalue weighted by atomic mass is 16.5. The van der Waals surface area contributed by atoms with E-state index in [4.69, 9.17) is 4.74 Å². The van der Waals surface area contributed by atoms with Gasteiger partial charge in [0.2, 0.25) is 0 Å². The smallest absolute Gasteiger partial charge is 0.251 e. The number of rotatable bonds is 5. The molecule has 0 saturated carbocycles. The van der Waals surface area contributed by atoms with E-state index >= 15 is 0 Å². The summed E-state index contributed by atoms with van der Waals surface area (Å²) in [6.45, 7) is 1.77. The highest BCUT2D eigenvalue weighted by molar-refractivity contribution is 5.94. The number of nitrogens with one attached hydrogen (secondary N) is 1. The number of carbonyl (C=O) groups excluding carboxylic acids is 1. The lowest BCUT2D eigenvalue weighted by atomic mass is 9.98. The molecule has 1 aliphatic heterocycles. The highest BCUT2D eigenvalue weighted by Gasteiger charge is 2.13. The maximum absolute atomic E-state index is 12.2. The quantitative estimate of drug-likeness (QED) is 0.919. The first kappa shape index (κ1) is 16.4. The second-order valence-corrected chi connectivity index (χ2v) is 6.22. The van der Waals surface area contributed by atoms with Crippen LogP contribution in [0.4, 0.5) is 5.69 Å². The van der Waals surface area contributed by atoms with Gasteiger partial charge in [0.05, 0.1) is 7.11 Å². The Balaban J connectivity index is 1.55. The van der Waals surface area contributed by atoms with E-state index in [2.05, 4.69) is 35.5 Å². The molecule has 2 aromatic carbocycles. The van der Waals surface area contributed by atoms with Crippen molar-refractivity contribution in [1.29, 1.82) is 0 Å². The topological polar surface area (TPSA) is 41.6 Å². The second-order valence-electron chi connectivity index (χ2n) is 6.22. The van der Waals surface area contributed by atoms with Crippen LogP contribution in [0.3, 0.4) is 0 Å². The molecule has 1 aliphatic rings. The van der Waals surface area contributed by atoms with Gasteiger partial charge in [-0.1, -0.05) is 12.1 Å². The maximum atomic E-state index is 12.2. The fraction of sp³-hybridized carbons (Fsp3) is 0.350. The minimum Gasteiger partial charge on any atom is -0.497 e. The molecule has 1 amide bonds. The molecule has 1 N–H and O–H groups in total. The van der Waals surface area contributed by atoms with Crippen molar-refractivity contribution >= 4 is 11.6 Å². The van der Waals surface area contributed by atoms with Gasteiger partial charge in [0.25, 0.3) is 5.91 Å². The summed E-state index contributed by atoms with van der Waals surface area (Å²) in [6.07, 6.45) is 3.20. The number of methoxy groups -OCH3 is 1. The zero-order valence-corrected chi connectivity index (χ0v) is 14.3. The first-order chi connectivity index (χ1) is 11.7. The molecule has 0 atom stereocenters. The largest absolute Gasteiger partial charge is 0.497 e. The van der Waals surface area contributed by atoms with Gasteiger partial charge >= 0.3 is 0 Å². The third-order valence-electron chi connectivity index (χ3n) is 4.55. The molecule has 0 bridgehead atoms. The van der Waals surface area contributed by atoms with E-state index in [0.29, 0.717) is 12.1 Å². The molecule has 4 heteroatoms. The van der Waals surface area contributed by atoms with Crippen LogP contribution >= 0.6 is 0 Å². The monoisotopic (exact) mass is 324 g/mol. The van der Waals surface area contributed by atoms with Crippen molar-refractivity contribution in [2.75, 3.05) is 32.1 Å². The Morgan fingerprint density at radius 2 is 2.00 bits per heavy atom. The summed E-state index contributed by atoms with van der Waals surface area (Å²) < 4.78 is 5.11. The van der Waals surface area contributed by atoms with Crippen molar-refractivity contribution in [3.8, 4) is 5.75 Å². The van der Waals surface area contributed by atoms with Crippen LogP contribution < -0.4 is 15.0 Å². The number of hydrogen-bond donors (Lipinski definition) is 1. The highest BCUT2D eigenvalue weighted by Crippen LogP contribution is 2.26. The predicted molar refractivity (Wildman–Crippen MR) is 97.1 cm³/mol. The zero-order chi connectivity index (χ0) is 16.9. The van der Waals surface area contributed by atoms with Gasteiger partial charge < -0.3 is 15.0 Å². The lowest BCUT2D eigenvalue weighted by Gasteiger charge is -2.27. The van der Waals surface area contributed by atoms with Gasteiger partial charge in [0.1, 0.15) is 5.75 Å². The van der Waals surface area contributed by atoms with E-state index in [1.807, 2.05) is 0 Å². The summed E-state index contributed by atoms with van der Waals surface area (Å²) >= 11 is 0. The Kier molecular flexibility index (Phi) is 5.04. The van der Waals surface area contributed by atoms with Gasteiger partial charge in [0, 0.05) is 31.4 Å². The molecule has 0 radical (unpaired) electrons. The van der Waals surface area contributed by atoms with E-state index in [1.54, 1.807) is 31.4 Å². The van der Waals surface area contributed by atoms with Gasteiger partial charge in [-0.05, 0) is 60.7 Å². The van der Waals surface area contributed by atoms with Gasteiger partial charge in [-0.3, -0.25) is 4.79 Å². The molecule has 3 rings (SSSR count). The molecule has 4 nitrogen and oxygen atoms in total. The number of fused-ring (bicyclic) bond motifs is 1. The third-order valence-corrected chi connectivity index (χ3v) is 4.55. The summed E-state index contributed by atoms with van der Waals surface area (Å²) in [4.78, 5) is 14.5. The van der Waals surface area contributed by atoms with Crippen molar-refractivity contribution in [1.82, 2.24) is 5.32 Å². The number of nitrogens with zero attached hydrogens (tertiary/aromatic N) is 1. The molecular formula is C20H24N2O2. The van der Waals surface area contributed by atoms with Crippen molar-refractivity contribution in [2.24, 2.45) is 0 Å². The minimum atomic E-state index is -0.0460. The van der Waals surface area contributed by atoms with E-state index in [1.165, 1.54) is 23.2 Å². The lowest BCUT2D eigenvalue weighted by Crippen LogP contribution is -2.26. The molecule has 2 aromatic rings. The maximum Gasteiger partial charge on any atom is 0.251 e. The fourth-order valence-corrected chi connectivity index (χ4v) is 3.16. The van der Waals surface area contributed by atoms with Crippen LogP contribution in [0, 0.1) is 0 Å². The van der Waals surface area contributed by atoms with Gasteiger partial charge in [0.15, 0.2) is 0 Å². The third kappa shape index (κ3) is 3.70. The number of ether oxygens (including phenoxy) is 1. The summed E-state index contributed by atoms with van der Waals surface area (Å²) in [6, 6.07) is 13.8. The SMILES string of the molecule is COc1ccc(C(=O)NCCc2ccc3c(c2)CCCN3C)cc1. The molecule has 0 aromatic heterocycles. The second kappa shape index (κ2) is 7.39. The Morgan fingerprint density at radius 1 is 1.21 bits per heavy atom. The van der Waals surface area contributed by atoms with Crippen LogP contribution in [0.1, 0.15) is 27.9 Å². The van der Waals surface area contributed by atoms with E-state index in [9.17, 15) is 4.79 Å². The molecule has 0 fully saturated rings. The van der Waals surface area contributed by atoms with Crippen molar-refractivity contribution < 1.29 is 9.53 Å². The first-order valence-electron chi connectivity index (χ1n) is 8.42. The van der Waals surface area contributed by atoms with Crippen LogP contribution in [0.2, 0.25) is 0 Å². The number of amides is 1. The Morgan fingerprint density at radius 3 is 2.75 bits per heavy atom. The molecule has 1 heterocycles. The van der Waals surface area contributed by atoms with Gasteiger partial charge in [-0.2, -0.15) is 0 Å². The van der Waals surface area contributed by atoms with Crippen LogP contribution in [-0.2, 0) is 12.8 Å². The molecule has 126 valence electrons. The summed E-state index contributed by atoms with van der Waals surface area (Å²) in [5.41, 5.74) is 4.69. The van der Waals surface area contributed by atoms with Crippen LogP contribution in [-0.4, -0.2) is 33.2 Å². The summed E-state index contributed by atoms with van der Waals surface area (Å²) in [5, 5.41) is 2.98. The number of carbonyl (C=O) groups is 1. The Hall–Kier alpha value is -2.49. The first-order valence-corrected chi connectivity index (χ1v) is 8.42. The van der Waals surface area contributed by atoms with Gasteiger partial charge in [-0.15, -0.1) is 0 Å². The molecule has 0 saturated heterocycles. The zero-order valence-electron chi connectivity index (χ0n) is 14.3. The van der Waals surface area contributed by atoms with Crippen molar-refractivity contribution in [2.45, 2.75) is 19.3 Å². The predicted octanol–water partition coefficient (Wildman–Crippen LogP) is 3.05. The number of benzene rings is 2.